The van der Waals surface area contributed by atoms with Crippen LogP contribution in [0.25, 0.3) is 0 Å². The molecule has 0 aliphatic heterocycles. The van der Waals surface area contributed by atoms with Crippen molar-refractivity contribution in [3.63, 3.8) is 0 Å². The Hall–Kier alpha value is -2.68. The summed E-state index contributed by atoms with van der Waals surface area (Å²) in [4.78, 5) is 23.8. The molecule has 1 amide bonds. The number of nitrogens with zero attached hydrogens (tertiary/aromatic N) is 4. The van der Waals surface area contributed by atoms with E-state index < -0.39 is 4.92 Å². The van der Waals surface area contributed by atoms with Crippen molar-refractivity contribution in [2.75, 3.05) is 20.6 Å². The minimum atomic E-state index is -0.604. The van der Waals surface area contributed by atoms with Crippen molar-refractivity contribution in [2.45, 2.75) is 12.6 Å². The van der Waals surface area contributed by atoms with Gasteiger partial charge in [0, 0.05) is 6.54 Å². The second-order valence-electron chi connectivity index (χ2n) is 4.93. The van der Waals surface area contributed by atoms with E-state index in [0.29, 0.717) is 6.54 Å². The summed E-state index contributed by atoms with van der Waals surface area (Å²) in [5.74, 6) is 0.186. The molecule has 2 rings (SSSR count). The van der Waals surface area contributed by atoms with Gasteiger partial charge in [0.25, 0.3) is 0 Å². The van der Waals surface area contributed by atoms with Gasteiger partial charge in [0.2, 0.25) is 5.91 Å². The number of hydrogen-bond donors (Lipinski definition) is 1. The van der Waals surface area contributed by atoms with Gasteiger partial charge in [0.1, 0.15) is 12.3 Å². The van der Waals surface area contributed by atoms with Crippen LogP contribution >= 0.6 is 0 Å². The molecule has 1 unspecified atom stereocenters. The number of likely N-dealkylation sites (N-methyl/N-ethyl adjacent to an activating group) is 1. The Morgan fingerprint density at radius 1 is 1.55 bits per heavy atom. The SMILES string of the molecule is CN(C)C(CNC(=O)Cn1ccc([N+](=O)[O-])n1)c1ccco1. The molecule has 118 valence electrons. The molecule has 0 saturated carbocycles. The number of nitro groups is 1. The summed E-state index contributed by atoms with van der Waals surface area (Å²) in [6, 6.07) is 4.79. The van der Waals surface area contributed by atoms with Crippen molar-refractivity contribution in [3.05, 3.63) is 46.5 Å². The van der Waals surface area contributed by atoms with Crippen molar-refractivity contribution >= 4 is 11.7 Å². The Bertz CT molecular complexity index is 635. The lowest BCUT2D eigenvalue weighted by molar-refractivity contribution is -0.389. The molecule has 9 nitrogen and oxygen atoms in total. The van der Waals surface area contributed by atoms with Crippen LogP contribution in [0.1, 0.15) is 11.8 Å². The average molecular weight is 307 g/mol. The summed E-state index contributed by atoms with van der Waals surface area (Å²) in [5.41, 5.74) is 0. The van der Waals surface area contributed by atoms with Crippen LogP contribution < -0.4 is 5.32 Å². The van der Waals surface area contributed by atoms with E-state index in [1.165, 1.54) is 16.9 Å². The summed E-state index contributed by atoms with van der Waals surface area (Å²) in [6.45, 7) is 0.287. The Kier molecular flexibility index (Phi) is 4.89. The fraction of sp³-hybridized carbons (Fsp3) is 0.385. The van der Waals surface area contributed by atoms with Gasteiger partial charge in [-0.05, 0) is 31.2 Å². The second-order valence-corrected chi connectivity index (χ2v) is 4.93. The highest BCUT2D eigenvalue weighted by Gasteiger charge is 2.19. The molecule has 2 heterocycles. The van der Waals surface area contributed by atoms with Crippen molar-refractivity contribution in [1.29, 1.82) is 0 Å². The lowest BCUT2D eigenvalue weighted by Crippen LogP contribution is -2.36. The number of carbonyl (C=O) groups excluding carboxylic acids is 1. The smallest absolute Gasteiger partial charge is 0.389 e. The zero-order valence-corrected chi connectivity index (χ0v) is 12.3. The number of rotatable bonds is 7. The van der Waals surface area contributed by atoms with Gasteiger partial charge in [-0.2, -0.15) is 4.68 Å². The molecule has 2 aromatic heterocycles. The van der Waals surface area contributed by atoms with E-state index in [4.69, 9.17) is 4.42 Å². The fourth-order valence-electron chi connectivity index (χ4n) is 1.97. The number of carbonyl (C=O) groups is 1. The highest BCUT2D eigenvalue weighted by Crippen LogP contribution is 2.17. The molecule has 0 aromatic carbocycles. The number of aromatic nitrogens is 2. The molecule has 1 N–H and O–H groups in total. The molecule has 9 heteroatoms. The molecular weight excluding hydrogens is 290 g/mol. The molecule has 0 spiro atoms. The van der Waals surface area contributed by atoms with Crippen molar-refractivity contribution in [3.8, 4) is 0 Å². The molecule has 2 aromatic rings. The van der Waals surface area contributed by atoms with Crippen LogP contribution in [0.5, 0.6) is 0 Å². The number of nitrogens with one attached hydrogen (secondary N) is 1. The zero-order valence-electron chi connectivity index (χ0n) is 12.3. The molecule has 0 bridgehead atoms. The Morgan fingerprint density at radius 3 is 2.86 bits per heavy atom. The number of furan rings is 1. The molecular formula is C13H17N5O4. The van der Waals surface area contributed by atoms with Gasteiger partial charge in [-0.15, -0.1) is 0 Å². The van der Waals surface area contributed by atoms with Gasteiger partial charge in [-0.1, -0.05) is 0 Å². The summed E-state index contributed by atoms with van der Waals surface area (Å²) >= 11 is 0. The van der Waals surface area contributed by atoms with Crippen molar-refractivity contribution in [2.24, 2.45) is 0 Å². The van der Waals surface area contributed by atoms with Crippen LogP contribution in [-0.2, 0) is 11.3 Å². The third kappa shape index (κ3) is 3.92. The lowest BCUT2D eigenvalue weighted by Gasteiger charge is -2.22. The maximum atomic E-state index is 11.9. The van der Waals surface area contributed by atoms with Gasteiger partial charge >= 0.3 is 5.82 Å². The zero-order chi connectivity index (χ0) is 16.1. The summed E-state index contributed by atoms with van der Waals surface area (Å²) in [7, 11) is 3.77. The summed E-state index contributed by atoms with van der Waals surface area (Å²) < 4.78 is 6.58. The van der Waals surface area contributed by atoms with E-state index in [-0.39, 0.29) is 24.3 Å². The number of hydrogen-bond acceptors (Lipinski definition) is 6. The quantitative estimate of drug-likeness (QED) is 0.599. The Labute approximate surface area is 126 Å². The lowest BCUT2D eigenvalue weighted by atomic mass is 10.2. The second kappa shape index (κ2) is 6.85. The van der Waals surface area contributed by atoms with Gasteiger partial charge < -0.3 is 19.8 Å². The first-order chi connectivity index (χ1) is 10.5. The third-order valence-corrected chi connectivity index (χ3v) is 3.11. The predicted octanol–water partition coefficient (Wildman–Crippen LogP) is 0.803. The van der Waals surface area contributed by atoms with E-state index in [1.54, 1.807) is 12.3 Å². The van der Waals surface area contributed by atoms with Crippen molar-refractivity contribution < 1.29 is 14.1 Å². The first-order valence-corrected chi connectivity index (χ1v) is 6.61. The fourth-order valence-corrected chi connectivity index (χ4v) is 1.97. The van der Waals surface area contributed by atoms with Gasteiger partial charge in [0.15, 0.2) is 0 Å². The summed E-state index contributed by atoms with van der Waals surface area (Å²) in [5, 5.41) is 17.0. The van der Waals surface area contributed by atoms with Crippen molar-refractivity contribution in [1.82, 2.24) is 20.0 Å². The standard InChI is InChI=1S/C13H17N5O4/c1-16(2)10(11-4-3-7-22-11)8-14-13(19)9-17-6-5-12(15-17)18(20)21/h3-7,10H,8-9H2,1-2H3,(H,14,19). The van der Waals surface area contributed by atoms with E-state index in [9.17, 15) is 14.9 Å². The molecule has 0 saturated heterocycles. The van der Waals surface area contributed by atoms with E-state index >= 15 is 0 Å². The van der Waals surface area contributed by atoms with Crippen LogP contribution in [0.3, 0.4) is 0 Å². The molecule has 0 aliphatic rings. The topological polar surface area (TPSA) is 106 Å². The molecule has 22 heavy (non-hydrogen) atoms. The average Bonchev–Trinajstić information content (AvgIpc) is 3.09. The monoisotopic (exact) mass is 307 g/mol. The van der Waals surface area contributed by atoms with Crippen LogP contribution in [0.15, 0.2) is 35.1 Å². The highest BCUT2D eigenvalue weighted by atomic mass is 16.6. The molecule has 1 atom stereocenters. The normalized spacial score (nSPS) is 12.3. The van der Waals surface area contributed by atoms with Crippen LogP contribution in [0, 0.1) is 10.1 Å². The third-order valence-electron chi connectivity index (χ3n) is 3.11. The molecule has 0 aliphatic carbocycles. The summed E-state index contributed by atoms with van der Waals surface area (Å²) in [6.07, 6.45) is 2.98. The number of amides is 1. The first kappa shape index (κ1) is 15.7. The maximum Gasteiger partial charge on any atom is 0.389 e. The van der Waals surface area contributed by atoms with E-state index in [0.717, 1.165) is 5.76 Å². The minimum absolute atomic E-state index is 0.0772. The van der Waals surface area contributed by atoms with Crippen LogP contribution in [0.4, 0.5) is 5.82 Å². The predicted molar refractivity (Wildman–Crippen MR) is 77.0 cm³/mol. The Balaban J connectivity index is 1.89. The Morgan fingerprint density at radius 2 is 2.32 bits per heavy atom. The molecule has 0 fully saturated rings. The van der Waals surface area contributed by atoms with Crippen LogP contribution in [0.2, 0.25) is 0 Å². The largest absolute Gasteiger partial charge is 0.468 e. The highest BCUT2D eigenvalue weighted by molar-refractivity contribution is 5.75. The van der Waals surface area contributed by atoms with E-state index in [1.807, 2.05) is 25.1 Å². The maximum absolute atomic E-state index is 11.9. The van der Waals surface area contributed by atoms with Gasteiger partial charge in [-0.25, -0.2) is 0 Å². The van der Waals surface area contributed by atoms with E-state index in [2.05, 4.69) is 10.4 Å². The minimum Gasteiger partial charge on any atom is -0.468 e. The van der Waals surface area contributed by atoms with Gasteiger partial charge in [0.05, 0.1) is 29.7 Å². The van der Waals surface area contributed by atoms with Gasteiger partial charge in [-0.3, -0.25) is 9.69 Å². The molecule has 0 radical (unpaired) electrons. The van der Waals surface area contributed by atoms with Crippen LogP contribution in [-0.4, -0.2) is 46.2 Å². The first-order valence-electron chi connectivity index (χ1n) is 6.61.